The van der Waals surface area contributed by atoms with Crippen molar-refractivity contribution in [2.24, 2.45) is 0 Å². The maximum absolute atomic E-state index is 14.2. The lowest BCUT2D eigenvalue weighted by Crippen LogP contribution is -2.35. The van der Waals surface area contributed by atoms with Gasteiger partial charge >= 0.3 is 0 Å². The van der Waals surface area contributed by atoms with Crippen molar-refractivity contribution in [2.75, 3.05) is 0 Å². The van der Waals surface area contributed by atoms with Gasteiger partial charge in [-0.05, 0) is 49.9 Å². The zero-order valence-electron chi connectivity index (χ0n) is 15.4. The molecule has 0 bridgehead atoms. The number of nitrogens with zero attached hydrogens (tertiary/aromatic N) is 1. The molecule has 0 fully saturated rings. The summed E-state index contributed by atoms with van der Waals surface area (Å²) in [6.45, 7) is 13.0. The minimum atomic E-state index is -0.436. The van der Waals surface area contributed by atoms with Gasteiger partial charge in [0.2, 0.25) is 0 Å². The van der Waals surface area contributed by atoms with Crippen LogP contribution in [0.25, 0.3) is 11.3 Å². The lowest BCUT2D eigenvalue weighted by atomic mass is 9.84. The van der Waals surface area contributed by atoms with Gasteiger partial charge in [0, 0.05) is 29.4 Å². The second-order valence-corrected chi connectivity index (χ2v) is 8.22. The van der Waals surface area contributed by atoms with Gasteiger partial charge in [-0.25, -0.2) is 4.39 Å². The van der Waals surface area contributed by atoms with E-state index < -0.39 is 5.82 Å². The molecule has 3 nitrogen and oxygen atoms in total. The molecule has 1 aromatic carbocycles. The number of nitrogens with one attached hydrogen (secondary N) is 1. The van der Waals surface area contributed by atoms with Crippen molar-refractivity contribution in [1.82, 2.24) is 10.3 Å². The van der Waals surface area contributed by atoms with Crippen molar-refractivity contribution in [1.29, 1.82) is 0 Å². The van der Waals surface area contributed by atoms with Gasteiger partial charge in [0.15, 0.2) is 0 Å². The molecular weight excluding hydrogens is 303 g/mol. The summed E-state index contributed by atoms with van der Waals surface area (Å²) in [6, 6.07) is 6.73. The van der Waals surface area contributed by atoms with Crippen molar-refractivity contribution in [3.8, 4) is 17.0 Å². The first-order chi connectivity index (χ1) is 11.0. The number of benzene rings is 1. The second-order valence-electron chi connectivity index (χ2n) is 8.22. The van der Waals surface area contributed by atoms with E-state index in [1.807, 2.05) is 12.1 Å². The van der Waals surface area contributed by atoms with Crippen LogP contribution in [0.2, 0.25) is 0 Å². The molecule has 0 aliphatic heterocycles. The van der Waals surface area contributed by atoms with Crippen molar-refractivity contribution in [3.05, 3.63) is 47.4 Å². The van der Waals surface area contributed by atoms with Crippen LogP contribution in [0, 0.1) is 5.82 Å². The normalized spacial score (nSPS) is 12.5. The topological polar surface area (TPSA) is 45.2 Å². The highest BCUT2D eigenvalue weighted by Gasteiger charge is 2.22. The molecule has 0 amide bonds. The number of phenols is 1. The van der Waals surface area contributed by atoms with Crippen LogP contribution in [0.3, 0.4) is 0 Å². The van der Waals surface area contributed by atoms with Crippen LogP contribution < -0.4 is 5.32 Å². The average Bonchev–Trinajstić information content (AvgIpc) is 2.45. The molecule has 0 aliphatic rings. The average molecular weight is 330 g/mol. The largest absolute Gasteiger partial charge is 0.507 e. The van der Waals surface area contributed by atoms with E-state index in [4.69, 9.17) is 0 Å². The quantitative estimate of drug-likeness (QED) is 0.851. The molecule has 24 heavy (non-hydrogen) atoms. The molecule has 1 aromatic heterocycles. The van der Waals surface area contributed by atoms with Gasteiger partial charge < -0.3 is 10.4 Å². The van der Waals surface area contributed by atoms with Crippen molar-refractivity contribution < 1.29 is 9.50 Å². The van der Waals surface area contributed by atoms with Crippen molar-refractivity contribution in [3.63, 3.8) is 0 Å². The van der Waals surface area contributed by atoms with Crippen LogP contribution in [0.1, 0.15) is 52.7 Å². The third-order valence-corrected chi connectivity index (χ3v) is 3.88. The van der Waals surface area contributed by atoms with E-state index >= 15 is 0 Å². The Kier molecular flexibility index (Phi) is 5.00. The molecule has 0 spiro atoms. The Bertz CT molecular complexity index is 727. The SMILES string of the molecule is CC(C)(C)NCc1cc(C(C)(C)C)cc(-c2ncccc2F)c1O. The summed E-state index contributed by atoms with van der Waals surface area (Å²) in [5.74, 6) is -0.356. The van der Waals surface area contributed by atoms with E-state index in [-0.39, 0.29) is 22.4 Å². The lowest BCUT2D eigenvalue weighted by Gasteiger charge is -2.25. The second kappa shape index (κ2) is 6.52. The van der Waals surface area contributed by atoms with Gasteiger partial charge in [-0.2, -0.15) is 0 Å². The number of rotatable bonds is 3. The molecule has 0 atom stereocenters. The molecule has 2 aromatic rings. The molecule has 130 valence electrons. The maximum Gasteiger partial charge on any atom is 0.149 e. The minimum Gasteiger partial charge on any atom is -0.507 e. The Morgan fingerprint density at radius 3 is 2.33 bits per heavy atom. The van der Waals surface area contributed by atoms with Crippen LogP contribution in [-0.4, -0.2) is 15.6 Å². The summed E-state index contributed by atoms with van der Waals surface area (Å²) in [5.41, 5.74) is 2.19. The van der Waals surface area contributed by atoms with Gasteiger partial charge in [0.05, 0.1) is 0 Å². The summed E-state index contributed by atoms with van der Waals surface area (Å²) >= 11 is 0. The minimum absolute atomic E-state index is 0.0809. The highest BCUT2D eigenvalue weighted by atomic mass is 19.1. The third-order valence-electron chi connectivity index (χ3n) is 3.88. The Morgan fingerprint density at radius 1 is 1.12 bits per heavy atom. The molecule has 0 radical (unpaired) electrons. The first kappa shape index (κ1) is 18.4. The first-order valence-electron chi connectivity index (χ1n) is 8.21. The van der Waals surface area contributed by atoms with Gasteiger partial charge in [-0.15, -0.1) is 0 Å². The van der Waals surface area contributed by atoms with Crippen LogP contribution in [0.5, 0.6) is 5.75 Å². The van der Waals surface area contributed by atoms with Crippen molar-refractivity contribution in [2.45, 2.75) is 59.0 Å². The predicted molar refractivity (Wildman–Crippen MR) is 96.6 cm³/mol. The Hall–Kier alpha value is -1.94. The first-order valence-corrected chi connectivity index (χ1v) is 8.21. The number of hydrogen-bond acceptors (Lipinski definition) is 3. The molecule has 0 unspecified atom stereocenters. The Balaban J connectivity index is 2.60. The molecule has 4 heteroatoms. The molecule has 0 saturated heterocycles. The number of phenolic OH excluding ortho intramolecular Hbond substituents is 1. The smallest absolute Gasteiger partial charge is 0.149 e. The summed E-state index contributed by atoms with van der Waals surface area (Å²) in [4.78, 5) is 4.13. The number of aromatic hydroxyl groups is 1. The van der Waals surface area contributed by atoms with Gasteiger partial charge in [0.1, 0.15) is 17.3 Å². The standard InChI is InChI=1S/C20H27FN2O/c1-19(2,3)14-10-13(12-23-20(4,5)6)18(24)15(11-14)17-16(21)8-7-9-22-17/h7-11,23-24H,12H2,1-6H3. The van der Waals surface area contributed by atoms with Crippen LogP contribution in [0.15, 0.2) is 30.5 Å². The highest BCUT2D eigenvalue weighted by Crippen LogP contribution is 2.37. The van der Waals surface area contributed by atoms with E-state index in [9.17, 15) is 9.50 Å². The molecule has 2 N–H and O–H groups in total. The zero-order valence-corrected chi connectivity index (χ0v) is 15.4. The van der Waals surface area contributed by atoms with E-state index in [2.05, 4.69) is 51.8 Å². The Morgan fingerprint density at radius 2 is 1.79 bits per heavy atom. The summed E-state index contributed by atoms with van der Waals surface area (Å²) < 4.78 is 14.2. The fourth-order valence-corrected chi connectivity index (χ4v) is 2.39. The molecule has 0 saturated carbocycles. The van der Waals surface area contributed by atoms with Crippen LogP contribution in [-0.2, 0) is 12.0 Å². The van der Waals surface area contributed by atoms with Crippen LogP contribution >= 0.6 is 0 Å². The summed E-state index contributed by atoms with van der Waals surface area (Å²) in [6.07, 6.45) is 1.54. The molecule has 1 heterocycles. The van der Waals surface area contributed by atoms with E-state index in [1.165, 1.54) is 12.3 Å². The molecule has 2 rings (SSSR count). The van der Waals surface area contributed by atoms with Gasteiger partial charge in [-0.3, -0.25) is 4.98 Å². The van der Waals surface area contributed by atoms with Crippen molar-refractivity contribution >= 4 is 0 Å². The third kappa shape index (κ3) is 4.32. The Labute approximate surface area is 144 Å². The van der Waals surface area contributed by atoms with E-state index in [0.717, 1.165) is 11.1 Å². The maximum atomic E-state index is 14.2. The molecular formula is C20H27FN2O. The van der Waals surface area contributed by atoms with E-state index in [1.54, 1.807) is 6.07 Å². The predicted octanol–water partition coefficient (Wildman–Crippen LogP) is 4.78. The number of aromatic nitrogens is 1. The fraction of sp³-hybridized carbons (Fsp3) is 0.450. The number of halogens is 1. The number of hydrogen-bond donors (Lipinski definition) is 2. The van der Waals surface area contributed by atoms with E-state index in [0.29, 0.717) is 12.1 Å². The van der Waals surface area contributed by atoms with Gasteiger partial charge in [0.25, 0.3) is 0 Å². The molecule has 0 aliphatic carbocycles. The fourth-order valence-electron chi connectivity index (χ4n) is 2.39. The van der Waals surface area contributed by atoms with Gasteiger partial charge in [-0.1, -0.05) is 26.8 Å². The summed E-state index contributed by atoms with van der Waals surface area (Å²) in [5, 5.41) is 14.1. The van der Waals surface area contributed by atoms with Crippen LogP contribution in [0.4, 0.5) is 4.39 Å². The highest BCUT2D eigenvalue weighted by molar-refractivity contribution is 5.70. The monoisotopic (exact) mass is 330 g/mol. The number of pyridine rings is 1. The zero-order chi connectivity index (χ0) is 18.1. The summed E-state index contributed by atoms with van der Waals surface area (Å²) in [7, 11) is 0. The lowest BCUT2D eigenvalue weighted by molar-refractivity contribution is 0.411.